The lowest BCUT2D eigenvalue weighted by Gasteiger charge is -2.21. The van der Waals surface area contributed by atoms with E-state index in [2.05, 4.69) is 4.74 Å². The maximum absolute atomic E-state index is 15.3. The van der Waals surface area contributed by atoms with Crippen LogP contribution in [0.25, 0.3) is 16.7 Å². The number of fused-ring (bicyclic) bond motifs is 1. The van der Waals surface area contributed by atoms with Gasteiger partial charge in [-0.25, -0.2) is 17.6 Å². The highest BCUT2D eigenvalue weighted by atomic mass is 19.4. The topological polar surface area (TPSA) is 9.23 Å². The maximum atomic E-state index is 15.3. The van der Waals surface area contributed by atoms with E-state index in [1.807, 2.05) is 6.92 Å². The van der Waals surface area contributed by atoms with Crippen molar-refractivity contribution >= 4 is 5.57 Å². The van der Waals surface area contributed by atoms with Crippen LogP contribution in [0.1, 0.15) is 35.6 Å². The molecule has 34 heavy (non-hydrogen) atoms. The SMILES string of the molecule is CCCc1cc(F)c(C2=CCc3c(ccc(-c4ccc(OC(F)(F)F)c(F)c4)c3F)C2)c(F)c1. The molecule has 0 amide bonds. The summed E-state index contributed by atoms with van der Waals surface area (Å²) < 4.78 is 99.3. The first kappa shape index (κ1) is 23.9. The minimum Gasteiger partial charge on any atom is -0.403 e. The van der Waals surface area contributed by atoms with E-state index in [0.717, 1.165) is 24.6 Å². The third kappa shape index (κ3) is 4.81. The Kier molecular flexibility index (Phi) is 6.43. The second kappa shape index (κ2) is 9.16. The van der Waals surface area contributed by atoms with Crippen LogP contribution in [0.15, 0.2) is 48.5 Å². The van der Waals surface area contributed by atoms with E-state index in [0.29, 0.717) is 23.1 Å². The standard InChI is InChI=1S/C26H19F7O/c1-2-3-14-10-21(28)24(22(29)11-14)17-5-8-18-15(12-17)4-7-19(25(18)30)16-6-9-23(20(27)13-16)34-26(31,32)33/h4-7,9-11,13H,2-3,8,12H2,1H3. The van der Waals surface area contributed by atoms with E-state index in [-0.39, 0.29) is 35.1 Å². The van der Waals surface area contributed by atoms with Crippen molar-refractivity contribution in [3.05, 3.63) is 94.1 Å². The van der Waals surface area contributed by atoms with E-state index in [9.17, 15) is 26.3 Å². The zero-order chi connectivity index (χ0) is 24.6. The minimum atomic E-state index is -5.06. The Morgan fingerprint density at radius 1 is 0.882 bits per heavy atom. The van der Waals surface area contributed by atoms with Gasteiger partial charge in [-0.1, -0.05) is 37.6 Å². The number of hydrogen-bond acceptors (Lipinski definition) is 1. The summed E-state index contributed by atoms with van der Waals surface area (Å²) >= 11 is 0. The van der Waals surface area contributed by atoms with Crippen molar-refractivity contribution in [3.8, 4) is 16.9 Å². The van der Waals surface area contributed by atoms with E-state index in [4.69, 9.17) is 0 Å². The number of ether oxygens (including phenoxy) is 1. The molecule has 4 rings (SSSR count). The molecule has 3 aromatic rings. The van der Waals surface area contributed by atoms with Gasteiger partial charge in [0.1, 0.15) is 17.5 Å². The van der Waals surface area contributed by atoms with Crippen LogP contribution in [0.5, 0.6) is 5.75 Å². The van der Waals surface area contributed by atoms with Crippen LogP contribution in [0, 0.1) is 23.3 Å². The fraction of sp³-hybridized carbons (Fsp3) is 0.231. The number of aryl methyl sites for hydroxylation is 1. The first-order valence-electron chi connectivity index (χ1n) is 10.6. The lowest BCUT2D eigenvalue weighted by Crippen LogP contribution is -2.17. The fourth-order valence-corrected chi connectivity index (χ4v) is 4.20. The number of benzene rings is 3. The number of allylic oxidation sites excluding steroid dienone is 2. The molecule has 0 N–H and O–H groups in total. The van der Waals surface area contributed by atoms with Crippen LogP contribution in [0.2, 0.25) is 0 Å². The van der Waals surface area contributed by atoms with Crippen molar-refractivity contribution in [2.24, 2.45) is 0 Å². The molecule has 0 radical (unpaired) electrons. The van der Waals surface area contributed by atoms with Gasteiger partial charge in [-0.05, 0) is 71.4 Å². The predicted octanol–water partition coefficient (Wildman–Crippen LogP) is 7.94. The highest BCUT2D eigenvalue weighted by molar-refractivity contribution is 5.74. The number of halogens is 7. The van der Waals surface area contributed by atoms with E-state index in [1.54, 1.807) is 12.1 Å². The van der Waals surface area contributed by atoms with Gasteiger partial charge >= 0.3 is 6.36 Å². The van der Waals surface area contributed by atoms with Gasteiger partial charge in [0.05, 0.1) is 0 Å². The van der Waals surface area contributed by atoms with Gasteiger partial charge in [-0.15, -0.1) is 13.2 Å². The minimum absolute atomic E-state index is 0.00524. The van der Waals surface area contributed by atoms with Crippen LogP contribution < -0.4 is 4.74 Å². The van der Waals surface area contributed by atoms with E-state index >= 15 is 4.39 Å². The molecule has 1 nitrogen and oxygen atoms in total. The zero-order valence-electron chi connectivity index (χ0n) is 18.0. The third-order valence-corrected chi connectivity index (χ3v) is 5.70. The van der Waals surface area contributed by atoms with Crippen LogP contribution in [-0.4, -0.2) is 6.36 Å². The molecule has 1 aliphatic rings. The summed E-state index contributed by atoms with van der Waals surface area (Å²) in [6.07, 6.45) is -2.06. The quantitative estimate of drug-likeness (QED) is 0.337. The molecule has 0 unspecified atom stereocenters. The van der Waals surface area contributed by atoms with Crippen LogP contribution >= 0.6 is 0 Å². The number of rotatable bonds is 5. The Balaban J connectivity index is 1.64. The van der Waals surface area contributed by atoms with Gasteiger partial charge < -0.3 is 4.74 Å². The molecule has 0 fully saturated rings. The first-order chi connectivity index (χ1) is 16.1. The summed E-state index contributed by atoms with van der Waals surface area (Å²) in [4.78, 5) is 0. The van der Waals surface area contributed by atoms with Crippen molar-refractivity contribution in [2.45, 2.75) is 39.0 Å². The van der Waals surface area contributed by atoms with Gasteiger partial charge in [0, 0.05) is 11.1 Å². The van der Waals surface area contributed by atoms with Crippen molar-refractivity contribution in [1.29, 1.82) is 0 Å². The Labute approximate surface area is 191 Å². The lowest BCUT2D eigenvalue weighted by atomic mass is 9.85. The fourth-order valence-electron chi connectivity index (χ4n) is 4.20. The van der Waals surface area contributed by atoms with Crippen LogP contribution in [-0.2, 0) is 19.3 Å². The molecular weight excluding hydrogens is 461 g/mol. The normalized spacial score (nSPS) is 13.5. The molecule has 8 heteroatoms. The second-order valence-electron chi connectivity index (χ2n) is 8.05. The molecule has 0 aliphatic heterocycles. The van der Waals surface area contributed by atoms with Gasteiger partial charge in [-0.3, -0.25) is 0 Å². The average Bonchev–Trinajstić information content (AvgIpc) is 2.74. The van der Waals surface area contributed by atoms with E-state index < -0.39 is 35.4 Å². The largest absolute Gasteiger partial charge is 0.573 e. The van der Waals surface area contributed by atoms with Crippen molar-refractivity contribution in [3.63, 3.8) is 0 Å². The van der Waals surface area contributed by atoms with Gasteiger partial charge in [0.2, 0.25) is 0 Å². The highest BCUT2D eigenvalue weighted by Crippen LogP contribution is 2.37. The Morgan fingerprint density at radius 2 is 1.59 bits per heavy atom. The first-order valence-corrected chi connectivity index (χ1v) is 10.6. The Morgan fingerprint density at radius 3 is 2.21 bits per heavy atom. The summed E-state index contributed by atoms with van der Waals surface area (Å²) in [5.74, 6) is -4.32. The predicted molar refractivity (Wildman–Crippen MR) is 114 cm³/mol. The molecule has 0 aromatic heterocycles. The number of alkyl halides is 3. The van der Waals surface area contributed by atoms with Crippen LogP contribution in [0.4, 0.5) is 30.7 Å². The highest BCUT2D eigenvalue weighted by Gasteiger charge is 2.32. The summed E-state index contributed by atoms with van der Waals surface area (Å²) in [6.45, 7) is 1.91. The molecular formula is C26H19F7O. The zero-order valence-corrected chi connectivity index (χ0v) is 18.0. The second-order valence-corrected chi connectivity index (χ2v) is 8.05. The monoisotopic (exact) mass is 480 g/mol. The molecule has 0 saturated heterocycles. The Bertz CT molecular complexity index is 1250. The lowest BCUT2D eigenvalue weighted by molar-refractivity contribution is -0.275. The maximum Gasteiger partial charge on any atom is 0.573 e. The Hall–Kier alpha value is -3.29. The number of hydrogen-bond donors (Lipinski definition) is 0. The van der Waals surface area contributed by atoms with Gasteiger partial charge in [0.25, 0.3) is 0 Å². The summed E-state index contributed by atoms with van der Waals surface area (Å²) in [5.41, 5.74) is 1.65. The summed E-state index contributed by atoms with van der Waals surface area (Å²) in [7, 11) is 0. The molecule has 0 spiro atoms. The summed E-state index contributed by atoms with van der Waals surface area (Å²) in [6, 6.07) is 8.22. The van der Waals surface area contributed by atoms with Gasteiger partial charge in [-0.2, -0.15) is 0 Å². The molecule has 0 saturated carbocycles. The summed E-state index contributed by atoms with van der Waals surface area (Å²) in [5, 5.41) is 0. The molecule has 1 aliphatic carbocycles. The third-order valence-electron chi connectivity index (χ3n) is 5.70. The molecule has 178 valence electrons. The molecule has 3 aromatic carbocycles. The molecule has 0 heterocycles. The smallest absolute Gasteiger partial charge is 0.403 e. The van der Waals surface area contributed by atoms with Gasteiger partial charge in [0.15, 0.2) is 11.6 Å². The average molecular weight is 480 g/mol. The van der Waals surface area contributed by atoms with Crippen molar-refractivity contribution in [1.82, 2.24) is 0 Å². The van der Waals surface area contributed by atoms with Crippen LogP contribution in [0.3, 0.4) is 0 Å². The molecule has 0 atom stereocenters. The molecule has 0 bridgehead atoms. The van der Waals surface area contributed by atoms with Crippen molar-refractivity contribution in [2.75, 3.05) is 0 Å². The van der Waals surface area contributed by atoms with E-state index in [1.165, 1.54) is 18.2 Å². The van der Waals surface area contributed by atoms with Crippen molar-refractivity contribution < 1.29 is 35.5 Å².